The molecule has 3 N–H and O–H groups in total. The van der Waals surface area contributed by atoms with Gasteiger partial charge in [0.1, 0.15) is 0 Å². The van der Waals surface area contributed by atoms with Crippen LogP contribution in [-0.4, -0.2) is 43.4 Å². The van der Waals surface area contributed by atoms with Crippen molar-refractivity contribution in [2.24, 2.45) is 0 Å². The molecule has 0 spiro atoms. The number of rotatable bonds is 7. The highest BCUT2D eigenvalue weighted by Gasteiger charge is 2.32. The van der Waals surface area contributed by atoms with Crippen LogP contribution in [0.1, 0.15) is 25.5 Å². The number of carbonyl (C=O) groups excluding carboxylic acids is 2. The van der Waals surface area contributed by atoms with E-state index in [0.29, 0.717) is 11.3 Å². The van der Waals surface area contributed by atoms with Gasteiger partial charge in [0.2, 0.25) is 0 Å². The minimum atomic E-state index is -1.12. The van der Waals surface area contributed by atoms with Gasteiger partial charge in [-0.3, -0.25) is 0 Å². The highest BCUT2D eigenvalue weighted by molar-refractivity contribution is 5.95. The molecule has 0 aromatic heterocycles. The van der Waals surface area contributed by atoms with Gasteiger partial charge in [-0.15, -0.1) is 0 Å². The zero-order chi connectivity index (χ0) is 19.3. The molecular formula is C17H20N2O7. The molecule has 0 aliphatic carbocycles. The molecule has 9 nitrogen and oxygen atoms in total. The molecule has 2 amide bonds. The van der Waals surface area contributed by atoms with E-state index in [-0.39, 0.29) is 23.7 Å². The van der Waals surface area contributed by atoms with Gasteiger partial charge in [0.05, 0.1) is 25.3 Å². The van der Waals surface area contributed by atoms with Gasteiger partial charge in [-0.1, -0.05) is 6.07 Å². The molecule has 0 saturated heterocycles. The Bertz CT molecular complexity index is 757. The molecule has 2 rings (SSSR count). The first-order valence-corrected chi connectivity index (χ1v) is 7.85. The van der Waals surface area contributed by atoms with Gasteiger partial charge in [0.25, 0.3) is 0 Å². The number of benzene rings is 1. The van der Waals surface area contributed by atoms with Gasteiger partial charge in [-0.2, -0.15) is 0 Å². The van der Waals surface area contributed by atoms with Crippen molar-refractivity contribution >= 4 is 18.0 Å². The lowest BCUT2D eigenvalue weighted by Crippen LogP contribution is -2.45. The van der Waals surface area contributed by atoms with E-state index < -0.39 is 30.6 Å². The highest BCUT2D eigenvalue weighted by Crippen LogP contribution is 2.34. The van der Waals surface area contributed by atoms with Crippen molar-refractivity contribution in [3.8, 4) is 11.5 Å². The van der Waals surface area contributed by atoms with E-state index in [2.05, 4.69) is 10.6 Å². The smallest absolute Gasteiger partial charge is 0.341 e. The molecule has 1 aliphatic rings. The average molecular weight is 364 g/mol. The number of carboxylic acid groups (broad SMARTS) is 1. The standard InChI is InChI=1S/C17H20N2O7/c1-4-25-16(22)14-9(2)18-17(23)19-15(14)10-5-6-11(12(7-10)24-3)26-8-13(20)21/h5-7,15H,4,8H2,1-3H3,(H,20,21)(H2,18,19,23)/t15-/m0/s1. The summed E-state index contributed by atoms with van der Waals surface area (Å²) >= 11 is 0. The molecule has 0 unspecified atom stereocenters. The third-order valence-electron chi connectivity index (χ3n) is 3.64. The molecular weight excluding hydrogens is 344 g/mol. The number of hydrogen-bond acceptors (Lipinski definition) is 6. The summed E-state index contributed by atoms with van der Waals surface area (Å²) in [7, 11) is 1.40. The molecule has 140 valence electrons. The number of hydrogen-bond donors (Lipinski definition) is 3. The van der Waals surface area contributed by atoms with Crippen LogP contribution in [0.3, 0.4) is 0 Å². The molecule has 0 bridgehead atoms. The molecule has 9 heteroatoms. The summed E-state index contributed by atoms with van der Waals surface area (Å²) in [5.41, 5.74) is 1.22. The topological polar surface area (TPSA) is 123 Å². The van der Waals surface area contributed by atoms with Gasteiger partial charge in [-0.25, -0.2) is 14.4 Å². The minimum Gasteiger partial charge on any atom is -0.493 e. The summed E-state index contributed by atoms with van der Waals surface area (Å²) in [5, 5.41) is 13.9. The first-order chi connectivity index (χ1) is 12.4. The van der Waals surface area contributed by atoms with Crippen molar-refractivity contribution in [3.05, 3.63) is 35.0 Å². The fraction of sp³-hybridized carbons (Fsp3) is 0.353. The van der Waals surface area contributed by atoms with Crippen LogP contribution in [-0.2, 0) is 14.3 Å². The van der Waals surface area contributed by atoms with Crippen molar-refractivity contribution in [2.45, 2.75) is 19.9 Å². The Hall–Kier alpha value is -3.23. The Morgan fingerprint density at radius 1 is 1.27 bits per heavy atom. The molecule has 0 saturated carbocycles. The van der Waals surface area contributed by atoms with E-state index >= 15 is 0 Å². The summed E-state index contributed by atoms with van der Waals surface area (Å²) in [6.07, 6.45) is 0. The molecule has 26 heavy (non-hydrogen) atoms. The average Bonchev–Trinajstić information content (AvgIpc) is 2.59. The quantitative estimate of drug-likeness (QED) is 0.624. The normalized spacial score (nSPS) is 16.4. The number of urea groups is 1. The second-order valence-electron chi connectivity index (χ2n) is 5.38. The Kier molecular flexibility index (Phi) is 6.05. The summed E-state index contributed by atoms with van der Waals surface area (Å²) in [6.45, 7) is 2.98. The van der Waals surface area contributed by atoms with Gasteiger partial charge in [0, 0.05) is 5.70 Å². The second kappa shape index (κ2) is 8.24. The second-order valence-corrected chi connectivity index (χ2v) is 5.38. The summed E-state index contributed by atoms with van der Waals surface area (Å²) < 4.78 is 15.5. The first kappa shape index (κ1) is 19.1. The maximum atomic E-state index is 12.3. The number of esters is 1. The van der Waals surface area contributed by atoms with E-state index in [0.717, 1.165) is 0 Å². The lowest BCUT2D eigenvalue weighted by molar-refractivity contribution is -0.140. The van der Waals surface area contributed by atoms with Crippen molar-refractivity contribution in [3.63, 3.8) is 0 Å². The van der Waals surface area contributed by atoms with E-state index in [4.69, 9.17) is 19.3 Å². The zero-order valence-corrected chi connectivity index (χ0v) is 14.6. The third-order valence-corrected chi connectivity index (χ3v) is 3.64. The molecule has 1 aromatic rings. The van der Waals surface area contributed by atoms with Crippen LogP contribution in [0.4, 0.5) is 4.79 Å². The Morgan fingerprint density at radius 2 is 2.00 bits per heavy atom. The summed E-state index contributed by atoms with van der Waals surface area (Å²) in [4.78, 5) is 34.8. The maximum absolute atomic E-state index is 12.3. The number of ether oxygens (including phenoxy) is 3. The first-order valence-electron chi connectivity index (χ1n) is 7.85. The number of nitrogens with one attached hydrogen (secondary N) is 2. The predicted molar refractivity (Wildman–Crippen MR) is 89.9 cm³/mol. The van der Waals surface area contributed by atoms with Gasteiger partial charge in [0.15, 0.2) is 18.1 Å². The lowest BCUT2D eigenvalue weighted by atomic mass is 9.95. The van der Waals surface area contributed by atoms with Crippen molar-refractivity contribution in [1.82, 2.24) is 10.6 Å². The Morgan fingerprint density at radius 3 is 2.62 bits per heavy atom. The molecule has 0 fully saturated rings. The summed E-state index contributed by atoms with van der Waals surface area (Å²) in [6, 6.07) is 3.50. The monoisotopic (exact) mass is 364 g/mol. The largest absolute Gasteiger partial charge is 0.493 e. The van der Waals surface area contributed by atoms with Crippen LogP contribution in [0, 0.1) is 0 Å². The predicted octanol–water partition coefficient (Wildman–Crippen LogP) is 1.35. The maximum Gasteiger partial charge on any atom is 0.341 e. The number of carboxylic acids is 1. The molecule has 1 aliphatic heterocycles. The van der Waals surface area contributed by atoms with Gasteiger partial charge in [-0.05, 0) is 31.5 Å². The highest BCUT2D eigenvalue weighted by atomic mass is 16.5. The number of amides is 2. The molecule has 1 aromatic carbocycles. The van der Waals surface area contributed by atoms with E-state index in [1.807, 2.05) is 0 Å². The number of carbonyl (C=O) groups is 3. The van der Waals surface area contributed by atoms with Crippen LogP contribution < -0.4 is 20.1 Å². The molecule has 1 heterocycles. The zero-order valence-electron chi connectivity index (χ0n) is 14.6. The van der Waals surface area contributed by atoms with Crippen LogP contribution in [0.15, 0.2) is 29.5 Å². The Balaban J connectivity index is 2.40. The van der Waals surface area contributed by atoms with Gasteiger partial charge < -0.3 is 30.0 Å². The Labute approximate surface area is 149 Å². The van der Waals surface area contributed by atoms with Crippen LogP contribution in [0.2, 0.25) is 0 Å². The number of methoxy groups -OCH3 is 1. The summed E-state index contributed by atoms with van der Waals surface area (Å²) in [5.74, 6) is -1.16. The minimum absolute atomic E-state index is 0.196. The number of aliphatic carboxylic acids is 1. The van der Waals surface area contributed by atoms with Gasteiger partial charge >= 0.3 is 18.0 Å². The number of allylic oxidation sites excluding steroid dienone is 1. The molecule has 1 atom stereocenters. The van der Waals surface area contributed by atoms with Crippen molar-refractivity contribution in [1.29, 1.82) is 0 Å². The SMILES string of the molecule is CCOC(=O)C1=C(C)NC(=O)N[C@H]1c1ccc(OCC(=O)O)c(OC)c1. The van der Waals surface area contributed by atoms with Crippen LogP contribution >= 0.6 is 0 Å². The van der Waals surface area contributed by atoms with E-state index in [1.165, 1.54) is 13.2 Å². The fourth-order valence-corrected chi connectivity index (χ4v) is 2.55. The van der Waals surface area contributed by atoms with Crippen LogP contribution in [0.5, 0.6) is 11.5 Å². The van der Waals surface area contributed by atoms with E-state index in [9.17, 15) is 14.4 Å². The van der Waals surface area contributed by atoms with Crippen LogP contribution in [0.25, 0.3) is 0 Å². The fourth-order valence-electron chi connectivity index (χ4n) is 2.55. The lowest BCUT2D eigenvalue weighted by Gasteiger charge is -2.28. The van der Waals surface area contributed by atoms with Crippen molar-refractivity contribution < 1.29 is 33.7 Å². The molecule has 0 radical (unpaired) electrons. The van der Waals surface area contributed by atoms with E-state index in [1.54, 1.807) is 26.0 Å². The third kappa shape index (κ3) is 4.24. The van der Waals surface area contributed by atoms with Crippen molar-refractivity contribution in [2.75, 3.05) is 20.3 Å².